The lowest BCUT2D eigenvalue weighted by molar-refractivity contribution is -0.115. The van der Waals surface area contributed by atoms with Gasteiger partial charge in [-0.3, -0.25) is 4.79 Å². The molecule has 0 aliphatic heterocycles. The van der Waals surface area contributed by atoms with Gasteiger partial charge in [-0.2, -0.15) is 0 Å². The second-order valence-corrected chi connectivity index (χ2v) is 5.70. The molecule has 1 aromatic heterocycles. The molecule has 0 radical (unpaired) electrons. The van der Waals surface area contributed by atoms with Gasteiger partial charge in [-0.1, -0.05) is 37.3 Å². The van der Waals surface area contributed by atoms with Crippen LogP contribution >= 0.6 is 11.3 Å². The standard InChI is InChI=1S/C17H16N2O2S/c1-2-16(20)19-17-18-14(11-22-17)10-21-15-8-7-12-5-3-4-6-13(12)9-15/h3-9,11H,2,10H2,1H3,(H,18,19,20). The number of amides is 1. The molecule has 1 N–H and O–H groups in total. The third-order valence-corrected chi connectivity index (χ3v) is 4.03. The second-order valence-electron chi connectivity index (χ2n) is 4.84. The monoisotopic (exact) mass is 312 g/mol. The zero-order valence-electron chi connectivity index (χ0n) is 12.2. The molecule has 22 heavy (non-hydrogen) atoms. The minimum atomic E-state index is -0.0312. The summed E-state index contributed by atoms with van der Waals surface area (Å²) in [6.45, 7) is 2.20. The summed E-state index contributed by atoms with van der Waals surface area (Å²) in [7, 11) is 0. The average Bonchev–Trinajstić information content (AvgIpc) is 3.00. The smallest absolute Gasteiger partial charge is 0.225 e. The van der Waals surface area contributed by atoms with Crippen LogP contribution in [0, 0.1) is 0 Å². The van der Waals surface area contributed by atoms with Crippen molar-refractivity contribution in [3.63, 3.8) is 0 Å². The number of carbonyl (C=O) groups excluding carboxylic acids is 1. The first kappa shape index (κ1) is 14.5. The summed E-state index contributed by atoms with van der Waals surface area (Å²) < 4.78 is 5.78. The Morgan fingerprint density at radius 3 is 2.86 bits per heavy atom. The van der Waals surface area contributed by atoms with Crippen LogP contribution in [0.2, 0.25) is 0 Å². The van der Waals surface area contributed by atoms with Gasteiger partial charge >= 0.3 is 0 Å². The highest BCUT2D eigenvalue weighted by Gasteiger charge is 2.06. The summed E-state index contributed by atoms with van der Waals surface area (Å²) in [4.78, 5) is 15.7. The summed E-state index contributed by atoms with van der Waals surface area (Å²) in [6, 6.07) is 14.2. The van der Waals surface area contributed by atoms with Gasteiger partial charge in [-0.25, -0.2) is 4.98 Å². The molecule has 1 amide bonds. The maximum absolute atomic E-state index is 11.3. The molecule has 4 nitrogen and oxygen atoms in total. The molecule has 5 heteroatoms. The number of benzene rings is 2. The highest BCUT2D eigenvalue weighted by atomic mass is 32.1. The van der Waals surface area contributed by atoms with E-state index in [9.17, 15) is 4.79 Å². The first-order valence-corrected chi connectivity index (χ1v) is 7.98. The number of anilines is 1. The van der Waals surface area contributed by atoms with Crippen molar-refractivity contribution < 1.29 is 9.53 Å². The molecule has 0 spiro atoms. The molecule has 0 aliphatic rings. The van der Waals surface area contributed by atoms with Crippen molar-refractivity contribution >= 4 is 33.1 Å². The normalized spacial score (nSPS) is 10.6. The number of hydrogen-bond acceptors (Lipinski definition) is 4. The van der Waals surface area contributed by atoms with Crippen molar-refractivity contribution in [1.82, 2.24) is 4.98 Å². The van der Waals surface area contributed by atoms with E-state index in [4.69, 9.17) is 4.74 Å². The van der Waals surface area contributed by atoms with E-state index < -0.39 is 0 Å². The lowest BCUT2D eigenvalue weighted by atomic mass is 10.1. The minimum absolute atomic E-state index is 0.0312. The van der Waals surface area contributed by atoms with E-state index >= 15 is 0 Å². The summed E-state index contributed by atoms with van der Waals surface area (Å²) in [5.74, 6) is 0.780. The number of thiazole rings is 1. The lowest BCUT2D eigenvalue weighted by Crippen LogP contribution is -2.09. The van der Waals surface area contributed by atoms with Gasteiger partial charge in [0.05, 0.1) is 5.69 Å². The van der Waals surface area contributed by atoms with Gasteiger partial charge in [0.1, 0.15) is 12.4 Å². The number of nitrogens with zero attached hydrogens (tertiary/aromatic N) is 1. The van der Waals surface area contributed by atoms with Crippen LogP contribution in [-0.4, -0.2) is 10.9 Å². The molecular formula is C17H16N2O2S. The molecule has 0 bridgehead atoms. The third kappa shape index (κ3) is 3.43. The largest absolute Gasteiger partial charge is 0.487 e. The molecule has 2 aromatic carbocycles. The van der Waals surface area contributed by atoms with Gasteiger partial charge in [0.15, 0.2) is 5.13 Å². The quantitative estimate of drug-likeness (QED) is 0.767. The number of hydrogen-bond donors (Lipinski definition) is 1. The molecule has 0 unspecified atom stereocenters. The number of fused-ring (bicyclic) bond motifs is 1. The van der Waals surface area contributed by atoms with Gasteiger partial charge in [0.2, 0.25) is 5.91 Å². The van der Waals surface area contributed by atoms with E-state index in [1.165, 1.54) is 16.7 Å². The Morgan fingerprint density at radius 2 is 2.05 bits per heavy atom. The summed E-state index contributed by atoms with van der Waals surface area (Å²) in [5, 5.41) is 7.59. The predicted octanol–water partition coefficient (Wildman–Crippen LogP) is 4.22. The molecule has 1 heterocycles. The second kappa shape index (κ2) is 6.58. The summed E-state index contributed by atoms with van der Waals surface area (Å²) >= 11 is 1.41. The van der Waals surface area contributed by atoms with Crippen LogP contribution in [0.25, 0.3) is 10.8 Å². The van der Waals surface area contributed by atoms with Gasteiger partial charge in [0.25, 0.3) is 0 Å². The fourth-order valence-corrected chi connectivity index (χ4v) is 2.76. The Kier molecular flexibility index (Phi) is 4.34. The third-order valence-electron chi connectivity index (χ3n) is 3.23. The van der Waals surface area contributed by atoms with E-state index in [1.54, 1.807) is 0 Å². The Balaban J connectivity index is 1.65. The Morgan fingerprint density at radius 1 is 1.23 bits per heavy atom. The molecule has 3 rings (SSSR count). The van der Waals surface area contributed by atoms with Gasteiger partial charge in [-0.15, -0.1) is 11.3 Å². The topological polar surface area (TPSA) is 51.2 Å². The van der Waals surface area contributed by atoms with Crippen molar-refractivity contribution in [1.29, 1.82) is 0 Å². The van der Waals surface area contributed by atoms with E-state index in [0.29, 0.717) is 18.2 Å². The van der Waals surface area contributed by atoms with Crippen LogP contribution in [-0.2, 0) is 11.4 Å². The number of carbonyl (C=O) groups is 1. The molecule has 112 valence electrons. The maximum atomic E-state index is 11.3. The molecule has 0 saturated carbocycles. The van der Waals surface area contributed by atoms with Crippen LogP contribution < -0.4 is 10.1 Å². The van der Waals surface area contributed by atoms with Crippen molar-refractivity contribution in [3.05, 3.63) is 53.5 Å². The predicted molar refractivity (Wildman–Crippen MR) is 89.3 cm³/mol. The van der Waals surface area contributed by atoms with Crippen LogP contribution in [0.1, 0.15) is 19.0 Å². The molecule has 0 atom stereocenters. The highest BCUT2D eigenvalue weighted by molar-refractivity contribution is 7.13. The number of nitrogens with one attached hydrogen (secondary N) is 1. The van der Waals surface area contributed by atoms with Crippen LogP contribution in [0.4, 0.5) is 5.13 Å². The maximum Gasteiger partial charge on any atom is 0.225 e. The Bertz CT molecular complexity index is 798. The van der Waals surface area contributed by atoms with Gasteiger partial charge in [0, 0.05) is 11.8 Å². The van der Waals surface area contributed by atoms with Crippen molar-refractivity contribution in [2.75, 3.05) is 5.32 Å². The molecule has 0 saturated heterocycles. The molecule has 0 fully saturated rings. The minimum Gasteiger partial charge on any atom is -0.487 e. The highest BCUT2D eigenvalue weighted by Crippen LogP contribution is 2.22. The van der Waals surface area contributed by atoms with Crippen LogP contribution in [0.3, 0.4) is 0 Å². The lowest BCUT2D eigenvalue weighted by Gasteiger charge is -2.05. The zero-order valence-corrected chi connectivity index (χ0v) is 13.0. The first-order chi connectivity index (χ1) is 10.7. The average molecular weight is 312 g/mol. The Hall–Kier alpha value is -2.40. The summed E-state index contributed by atoms with van der Waals surface area (Å²) in [5.41, 5.74) is 0.810. The fourth-order valence-electron chi connectivity index (χ4n) is 2.05. The molecule has 0 aliphatic carbocycles. The number of aromatic nitrogens is 1. The van der Waals surface area contributed by atoms with E-state index in [2.05, 4.69) is 22.4 Å². The van der Waals surface area contributed by atoms with Crippen molar-refractivity contribution in [2.24, 2.45) is 0 Å². The van der Waals surface area contributed by atoms with Crippen LogP contribution in [0.15, 0.2) is 47.8 Å². The van der Waals surface area contributed by atoms with Crippen LogP contribution in [0.5, 0.6) is 5.75 Å². The number of rotatable bonds is 5. The van der Waals surface area contributed by atoms with E-state index in [-0.39, 0.29) is 5.91 Å². The summed E-state index contributed by atoms with van der Waals surface area (Å²) in [6.07, 6.45) is 0.447. The van der Waals surface area contributed by atoms with E-state index in [0.717, 1.165) is 16.8 Å². The number of ether oxygens (including phenoxy) is 1. The Labute approximate surface area is 132 Å². The SMILES string of the molecule is CCC(=O)Nc1nc(COc2ccc3ccccc3c2)cs1. The van der Waals surface area contributed by atoms with Crippen molar-refractivity contribution in [2.45, 2.75) is 20.0 Å². The first-order valence-electron chi connectivity index (χ1n) is 7.10. The van der Waals surface area contributed by atoms with Crippen molar-refractivity contribution in [3.8, 4) is 5.75 Å². The van der Waals surface area contributed by atoms with Gasteiger partial charge < -0.3 is 10.1 Å². The molecular weight excluding hydrogens is 296 g/mol. The van der Waals surface area contributed by atoms with E-state index in [1.807, 2.05) is 42.6 Å². The zero-order chi connectivity index (χ0) is 15.4. The fraction of sp³-hybridized carbons (Fsp3) is 0.176. The van der Waals surface area contributed by atoms with Gasteiger partial charge in [-0.05, 0) is 22.9 Å². The molecule has 3 aromatic rings.